The van der Waals surface area contributed by atoms with Crippen LogP contribution >= 0.6 is 11.6 Å². The minimum absolute atomic E-state index is 0. The van der Waals surface area contributed by atoms with E-state index in [9.17, 15) is 14.3 Å². The van der Waals surface area contributed by atoms with Crippen molar-refractivity contribution in [3.63, 3.8) is 0 Å². The Morgan fingerprint density at radius 2 is 1.78 bits per heavy atom. The van der Waals surface area contributed by atoms with Crippen LogP contribution in [0.25, 0.3) is 35.2 Å². The van der Waals surface area contributed by atoms with E-state index in [-0.39, 0.29) is 34.6 Å². The van der Waals surface area contributed by atoms with Crippen LogP contribution in [-0.4, -0.2) is 17.1 Å². The van der Waals surface area contributed by atoms with E-state index in [4.69, 9.17) is 16.3 Å². The van der Waals surface area contributed by atoms with Gasteiger partial charge >= 0.3 is 29.6 Å². The number of aromatic nitrogens is 1. The summed E-state index contributed by atoms with van der Waals surface area (Å²) < 4.78 is 19.7. The number of carboxylic acids is 1. The van der Waals surface area contributed by atoms with Gasteiger partial charge in [0.25, 0.3) is 0 Å². The Hall–Kier alpha value is -2.80. The van der Waals surface area contributed by atoms with Crippen molar-refractivity contribution in [1.82, 2.24) is 4.98 Å². The molecule has 1 aliphatic carbocycles. The predicted molar refractivity (Wildman–Crippen MR) is 135 cm³/mol. The maximum atomic E-state index is 13.7. The Kier molecular flexibility index (Phi) is 8.08. The smallest absolute Gasteiger partial charge is 0.547 e. The molecule has 7 heteroatoms. The second-order valence-corrected chi connectivity index (χ2v) is 8.76. The van der Waals surface area contributed by atoms with E-state index < -0.39 is 24.0 Å². The van der Waals surface area contributed by atoms with E-state index >= 15 is 0 Å². The number of aliphatic carboxylic acids is 1. The van der Waals surface area contributed by atoms with Crippen molar-refractivity contribution in [2.75, 3.05) is 0 Å². The van der Waals surface area contributed by atoms with Gasteiger partial charge in [-0.1, -0.05) is 72.3 Å². The van der Waals surface area contributed by atoms with Crippen LogP contribution in [0.2, 0.25) is 5.02 Å². The number of hydrogen-bond donors (Lipinski definition) is 0. The number of carbonyl (C=O) groups excluding carboxylic acids is 1. The molecular formula is C29H20ClFNNaO3. The van der Waals surface area contributed by atoms with Crippen LogP contribution in [-0.2, 0) is 9.53 Å². The monoisotopic (exact) mass is 507 g/mol. The summed E-state index contributed by atoms with van der Waals surface area (Å²) in [4.78, 5) is 16.0. The molecule has 3 aromatic carbocycles. The molecule has 174 valence electrons. The van der Waals surface area contributed by atoms with E-state index in [1.54, 1.807) is 6.07 Å². The molecule has 1 unspecified atom stereocenters. The van der Waals surface area contributed by atoms with Gasteiger partial charge in [-0.25, -0.2) is 9.37 Å². The maximum Gasteiger partial charge on any atom is 1.00 e. The van der Waals surface area contributed by atoms with Crippen molar-refractivity contribution in [1.29, 1.82) is 0 Å². The van der Waals surface area contributed by atoms with Gasteiger partial charge in [-0.2, -0.15) is 0 Å². The van der Waals surface area contributed by atoms with Gasteiger partial charge in [0.1, 0.15) is 11.9 Å². The Morgan fingerprint density at radius 1 is 1.03 bits per heavy atom. The summed E-state index contributed by atoms with van der Waals surface area (Å²) in [5.41, 5.74) is 5.84. The number of halogens is 2. The largest absolute Gasteiger partial charge is 1.00 e. The van der Waals surface area contributed by atoms with Gasteiger partial charge in [0.15, 0.2) is 0 Å². The van der Waals surface area contributed by atoms with E-state index in [0.29, 0.717) is 16.6 Å². The summed E-state index contributed by atoms with van der Waals surface area (Å²) in [6.07, 6.45) is 6.12. The van der Waals surface area contributed by atoms with Gasteiger partial charge in [-0.05, 0) is 65.1 Å². The number of fused-ring (bicyclic) bond motifs is 3. The molecule has 4 nitrogen and oxygen atoms in total. The fourth-order valence-electron chi connectivity index (χ4n) is 4.14. The standard InChI is InChI=1S/C29H21ClFNO3.Na/c1-17(29(33)34)35-28-23-5-3-2-4-19(23)9-10-20-8-6-18(14-24(20)28)7-12-22-13-11-21-15-26(31)25(30)16-27(21)32-22;/h2-17,28H,1H3,(H,33,34);/q;+1/p-1/b12-7+;/t17-,28?;/m1./s1. The molecule has 1 heterocycles. The minimum Gasteiger partial charge on any atom is -0.547 e. The van der Waals surface area contributed by atoms with Crippen LogP contribution in [0.4, 0.5) is 4.39 Å². The number of nitrogens with zero attached hydrogens (tertiary/aromatic N) is 1. The van der Waals surface area contributed by atoms with Crippen molar-refractivity contribution in [3.05, 3.63) is 111 Å². The fourth-order valence-corrected chi connectivity index (χ4v) is 4.30. The first-order valence-corrected chi connectivity index (χ1v) is 11.5. The Balaban J connectivity index is 0.00000304. The molecule has 5 rings (SSSR count). The molecule has 0 aliphatic heterocycles. The van der Waals surface area contributed by atoms with E-state index in [1.807, 2.05) is 72.8 Å². The molecule has 0 saturated heterocycles. The molecular weight excluding hydrogens is 488 g/mol. The molecule has 1 aromatic heterocycles. The molecule has 0 saturated carbocycles. The topological polar surface area (TPSA) is 62.2 Å². The van der Waals surface area contributed by atoms with Crippen molar-refractivity contribution in [2.45, 2.75) is 19.1 Å². The average Bonchev–Trinajstić information content (AvgIpc) is 3.00. The van der Waals surface area contributed by atoms with E-state index in [1.165, 1.54) is 19.1 Å². The van der Waals surface area contributed by atoms with Crippen LogP contribution in [0.1, 0.15) is 46.5 Å². The molecule has 1 aliphatic rings. The fraction of sp³-hybridized carbons (Fsp3) is 0.103. The van der Waals surface area contributed by atoms with Gasteiger partial charge in [0.2, 0.25) is 0 Å². The zero-order valence-electron chi connectivity index (χ0n) is 19.7. The Labute approximate surface area is 235 Å². The number of carboxylic acid groups (broad SMARTS) is 1. The second kappa shape index (κ2) is 11.1. The van der Waals surface area contributed by atoms with Crippen LogP contribution < -0.4 is 34.7 Å². The van der Waals surface area contributed by atoms with Crippen LogP contribution in [0.5, 0.6) is 0 Å². The van der Waals surface area contributed by atoms with E-state index in [2.05, 4.69) is 4.98 Å². The van der Waals surface area contributed by atoms with Crippen molar-refractivity contribution >= 4 is 52.8 Å². The molecule has 0 fully saturated rings. The molecule has 0 N–H and O–H groups in total. The summed E-state index contributed by atoms with van der Waals surface area (Å²) in [6.45, 7) is 1.48. The van der Waals surface area contributed by atoms with Gasteiger partial charge in [-0.3, -0.25) is 0 Å². The third-order valence-electron chi connectivity index (χ3n) is 5.99. The average molecular weight is 508 g/mol. The zero-order valence-corrected chi connectivity index (χ0v) is 22.5. The molecule has 0 radical (unpaired) electrons. The van der Waals surface area contributed by atoms with Crippen LogP contribution in [0, 0.1) is 5.82 Å². The predicted octanol–water partition coefficient (Wildman–Crippen LogP) is 2.93. The van der Waals surface area contributed by atoms with Crippen molar-refractivity contribution < 1.29 is 48.6 Å². The first-order valence-electron chi connectivity index (χ1n) is 11.1. The molecule has 2 atom stereocenters. The number of pyridine rings is 1. The number of benzene rings is 3. The van der Waals surface area contributed by atoms with Crippen molar-refractivity contribution in [3.8, 4) is 0 Å². The van der Waals surface area contributed by atoms with Crippen LogP contribution in [0.15, 0.2) is 66.7 Å². The summed E-state index contributed by atoms with van der Waals surface area (Å²) >= 11 is 5.91. The van der Waals surface area contributed by atoms with Gasteiger partial charge in [0.05, 0.1) is 28.3 Å². The quantitative estimate of drug-likeness (QED) is 0.390. The molecule has 0 amide bonds. The summed E-state index contributed by atoms with van der Waals surface area (Å²) in [5.74, 6) is -1.74. The zero-order chi connectivity index (χ0) is 24.5. The van der Waals surface area contributed by atoms with Crippen LogP contribution in [0.3, 0.4) is 0 Å². The molecule has 36 heavy (non-hydrogen) atoms. The Morgan fingerprint density at radius 3 is 2.56 bits per heavy atom. The first-order chi connectivity index (χ1) is 16.9. The normalized spacial score (nSPS) is 15.1. The third kappa shape index (κ3) is 5.46. The second-order valence-electron chi connectivity index (χ2n) is 8.36. The van der Waals surface area contributed by atoms with Crippen molar-refractivity contribution in [2.24, 2.45) is 0 Å². The first kappa shape index (κ1) is 26.3. The summed E-state index contributed by atoms with van der Waals surface area (Å²) in [7, 11) is 0. The molecule has 0 spiro atoms. The summed E-state index contributed by atoms with van der Waals surface area (Å²) in [5, 5.41) is 12.1. The van der Waals surface area contributed by atoms with Gasteiger partial charge in [-0.15, -0.1) is 0 Å². The van der Waals surface area contributed by atoms with Gasteiger partial charge in [0, 0.05) is 5.39 Å². The molecule has 0 bridgehead atoms. The Bertz CT molecular complexity index is 1520. The third-order valence-corrected chi connectivity index (χ3v) is 6.28. The van der Waals surface area contributed by atoms with Gasteiger partial charge < -0.3 is 14.6 Å². The van der Waals surface area contributed by atoms with E-state index in [0.717, 1.165) is 27.8 Å². The summed E-state index contributed by atoms with van der Waals surface area (Å²) in [6, 6.07) is 20.2. The minimum atomic E-state index is -1.26. The number of hydrogen-bond acceptors (Lipinski definition) is 4. The SMILES string of the molecule is C[C@@H](OC1c2ccccc2C=Cc2ccc(/C=C/c3ccc4cc(F)c(Cl)cc4n3)cc21)C(=O)[O-].[Na+]. The maximum absolute atomic E-state index is 13.7. The number of carbonyl (C=O) groups is 1. The number of rotatable bonds is 5. The molecule has 4 aromatic rings. The number of ether oxygens (including phenoxy) is 1.